The number of sulfonamides is 1. The largest absolute Gasteiger partial charge is 0.326 e. The van der Waals surface area contributed by atoms with E-state index in [0.29, 0.717) is 16.4 Å². The first kappa shape index (κ1) is 22.3. The second-order valence-corrected chi connectivity index (χ2v) is 9.95. The second-order valence-electron chi connectivity index (χ2n) is 7.51. The Morgan fingerprint density at radius 1 is 1.20 bits per heavy atom. The highest BCUT2D eigenvalue weighted by molar-refractivity contribution is 7.89. The van der Waals surface area contributed by atoms with Gasteiger partial charge in [-0.25, -0.2) is 8.42 Å². The number of hydrogen-bond donors (Lipinski definition) is 1. The number of benzene rings is 2. The van der Waals surface area contributed by atoms with Gasteiger partial charge in [0.15, 0.2) is 0 Å². The lowest BCUT2D eigenvalue weighted by atomic mass is 10.1. The molecular formula is C21H24ClN3O4S. The van der Waals surface area contributed by atoms with Crippen LogP contribution < -0.4 is 10.2 Å². The minimum absolute atomic E-state index is 0.101. The van der Waals surface area contributed by atoms with E-state index in [1.807, 2.05) is 0 Å². The number of hydrogen-bond acceptors (Lipinski definition) is 4. The molecule has 1 atom stereocenters. The first-order valence-electron chi connectivity index (χ1n) is 9.54. The van der Waals surface area contributed by atoms with Gasteiger partial charge in [0.05, 0.1) is 10.8 Å². The van der Waals surface area contributed by atoms with Crippen LogP contribution in [0.4, 0.5) is 11.4 Å². The van der Waals surface area contributed by atoms with Crippen LogP contribution in [0.15, 0.2) is 53.4 Å². The quantitative estimate of drug-likeness (QED) is 0.732. The SMILES string of the molecule is CC(C)N(C)S(=O)(=O)c1ccc(NC(=O)C2CC(=O)N(c3cccc(Cl)c3)C2)cc1. The van der Waals surface area contributed by atoms with Gasteiger partial charge in [0, 0.05) is 42.5 Å². The molecule has 1 heterocycles. The van der Waals surface area contributed by atoms with Crippen molar-refractivity contribution < 1.29 is 18.0 Å². The highest BCUT2D eigenvalue weighted by atomic mass is 35.5. The van der Waals surface area contributed by atoms with Gasteiger partial charge in [-0.15, -0.1) is 0 Å². The third-order valence-electron chi connectivity index (χ3n) is 5.14. The maximum absolute atomic E-state index is 12.6. The number of halogens is 1. The average molecular weight is 450 g/mol. The van der Waals surface area contributed by atoms with E-state index in [4.69, 9.17) is 11.6 Å². The Morgan fingerprint density at radius 3 is 2.47 bits per heavy atom. The summed E-state index contributed by atoms with van der Waals surface area (Å²) in [6.45, 7) is 3.85. The summed E-state index contributed by atoms with van der Waals surface area (Å²) in [6.07, 6.45) is 0.101. The summed E-state index contributed by atoms with van der Waals surface area (Å²) in [4.78, 5) is 26.7. The summed E-state index contributed by atoms with van der Waals surface area (Å²) >= 11 is 6.00. The molecule has 1 unspecified atom stereocenters. The zero-order valence-electron chi connectivity index (χ0n) is 17.0. The van der Waals surface area contributed by atoms with Crippen molar-refractivity contribution in [2.24, 2.45) is 5.92 Å². The van der Waals surface area contributed by atoms with Gasteiger partial charge in [0.2, 0.25) is 21.8 Å². The molecule has 1 fully saturated rings. The third-order valence-corrected chi connectivity index (χ3v) is 7.42. The van der Waals surface area contributed by atoms with E-state index in [1.165, 1.54) is 23.5 Å². The van der Waals surface area contributed by atoms with E-state index in [1.54, 1.807) is 55.1 Å². The van der Waals surface area contributed by atoms with Crippen molar-refractivity contribution in [2.45, 2.75) is 31.2 Å². The molecule has 0 aliphatic carbocycles. The fraction of sp³-hybridized carbons (Fsp3) is 0.333. The zero-order valence-corrected chi connectivity index (χ0v) is 18.6. The molecule has 7 nitrogen and oxygen atoms in total. The van der Waals surface area contributed by atoms with Crippen molar-refractivity contribution in [1.29, 1.82) is 0 Å². The predicted molar refractivity (Wildman–Crippen MR) is 117 cm³/mol. The molecule has 9 heteroatoms. The Morgan fingerprint density at radius 2 is 1.87 bits per heavy atom. The highest BCUT2D eigenvalue weighted by Crippen LogP contribution is 2.28. The van der Waals surface area contributed by atoms with E-state index in [2.05, 4.69) is 5.32 Å². The van der Waals surface area contributed by atoms with Crippen LogP contribution in [0.25, 0.3) is 0 Å². The van der Waals surface area contributed by atoms with Gasteiger partial charge in [-0.2, -0.15) is 4.31 Å². The van der Waals surface area contributed by atoms with Crippen molar-refractivity contribution in [3.8, 4) is 0 Å². The summed E-state index contributed by atoms with van der Waals surface area (Å²) in [5.74, 6) is -0.940. The Bertz CT molecular complexity index is 1050. The highest BCUT2D eigenvalue weighted by Gasteiger charge is 2.35. The molecule has 0 radical (unpaired) electrons. The second kappa shape index (κ2) is 8.75. The topological polar surface area (TPSA) is 86.8 Å². The average Bonchev–Trinajstić information content (AvgIpc) is 3.09. The maximum atomic E-state index is 12.6. The fourth-order valence-electron chi connectivity index (χ4n) is 3.18. The number of rotatable bonds is 6. The van der Waals surface area contributed by atoms with Gasteiger partial charge in [-0.1, -0.05) is 17.7 Å². The zero-order chi connectivity index (χ0) is 22.1. The van der Waals surface area contributed by atoms with Gasteiger partial charge in [0.25, 0.3) is 0 Å². The Balaban J connectivity index is 1.67. The minimum atomic E-state index is -3.59. The molecule has 1 aliphatic heterocycles. The normalized spacial score (nSPS) is 17.1. The Hall–Kier alpha value is -2.42. The van der Waals surface area contributed by atoms with Gasteiger partial charge in [0.1, 0.15) is 0 Å². The maximum Gasteiger partial charge on any atom is 0.243 e. The lowest BCUT2D eigenvalue weighted by molar-refractivity contribution is -0.122. The number of nitrogens with one attached hydrogen (secondary N) is 1. The summed E-state index contributed by atoms with van der Waals surface area (Å²) in [7, 11) is -2.06. The molecule has 1 saturated heterocycles. The van der Waals surface area contributed by atoms with Crippen LogP contribution in [0, 0.1) is 5.92 Å². The van der Waals surface area contributed by atoms with Crippen LogP contribution in [0.1, 0.15) is 20.3 Å². The first-order chi connectivity index (χ1) is 14.1. The van der Waals surface area contributed by atoms with Gasteiger partial charge in [-0.05, 0) is 56.3 Å². The predicted octanol–water partition coefficient (Wildman–Crippen LogP) is 3.36. The molecule has 0 saturated carbocycles. The van der Waals surface area contributed by atoms with Crippen LogP contribution >= 0.6 is 11.6 Å². The van der Waals surface area contributed by atoms with Gasteiger partial charge in [-0.3, -0.25) is 9.59 Å². The van der Waals surface area contributed by atoms with Crippen LogP contribution in [-0.2, 0) is 19.6 Å². The summed E-state index contributed by atoms with van der Waals surface area (Å²) in [5, 5.41) is 3.29. The standard InChI is InChI=1S/C21H24ClN3O4S/c1-14(2)24(3)30(28,29)19-9-7-17(8-10-19)23-21(27)15-11-20(26)25(13-15)18-6-4-5-16(22)12-18/h4-10,12,14-15H,11,13H2,1-3H3,(H,23,27). The molecule has 2 aromatic rings. The van der Waals surface area contributed by atoms with Crippen molar-refractivity contribution in [3.63, 3.8) is 0 Å². The van der Waals surface area contributed by atoms with Crippen molar-refractivity contribution >= 4 is 44.8 Å². The smallest absolute Gasteiger partial charge is 0.243 e. The molecule has 160 valence electrons. The number of carbonyl (C=O) groups excluding carboxylic acids is 2. The van der Waals surface area contributed by atoms with Gasteiger partial charge >= 0.3 is 0 Å². The fourth-order valence-corrected chi connectivity index (χ4v) is 4.73. The molecule has 1 N–H and O–H groups in total. The lowest BCUT2D eigenvalue weighted by Crippen LogP contribution is -2.33. The van der Waals surface area contributed by atoms with E-state index in [9.17, 15) is 18.0 Å². The van der Waals surface area contributed by atoms with Crippen molar-refractivity contribution in [3.05, 3.63) is 53.6 Å². The molecule has 30 heavy (non-hydrogen) atoms. The summed E-state index contributed by atoms with van der Waals surface area (Å²) in [6, 6.07) is 12.8. The lowest BCUT2D eigenvalue weighted by Gasteiger charge is -2.21. The van der Waals surface area contributed by atoms with Gasteiger partial charge < -0.3 is 10.2 Å². The van der Waals surface area contributed by atoms with Crippen LogP contribution in [-0.4, -0.2) is 44.2 Å². The monoisotopic (exact) mass is 449 g/mol. The number of nitrogens with zero attached hydrogens (tertiary/aromatic N) is 2. The van der Waals surface area contributed by atoms with Crippen molar-refractivity contribution in [2.75, 3.05) is 23.8 Å². The molecule has 0 aromatic heterocycles. The molecular weight excluding hydrogens is 426 g/mol. The molecule has 0 bridgehead atoms. The number of anilines is 2. The molecule has 3 rings (SSSR count). The Labute approximate surface area is 181 Å². The molecule has 2 amide bonds. The third kappa shape index (κ3) is 4.66. The van der Waals surface area contributed by atoms with E-state index < -0.39 is 15.9 Å². The number of carbonyl (C=O) groups is 2. The Kier molecular flexibility index (Phi) is 6.50. The molecule has 1 aliphatic rings. The summed E-state index contributed by atoms with van der Waals surface area (Å²) in [5.41, 5.74) is 1.13. The minimum Gasteiger partial charge on any atom is -0.326 e. The van der Waals surface area contributed by atoms with Crippen LogP contribution in [0.2, 0.25) is 5.02 Å². The van der Waals surface area contributed by atoms with Crippen LogP contribution in [0.3, 0.4) is 0 Å². The summed E-state index contributed by atoms with van der Waals surface area (Å²) < 4.78 is 26.4. The molecule has 2 aromatic carbocycles. The number of amides is 2. The molecule has 0 spiro atoms. The van der Waals surface area contributed by atoms with E-state index in [-0.39, 0.29) is 35.7 Å². The van der Waals surface area contributed by atoms with Crippen molar-refractivity contribution in [1.82, 2.24) is 4.31 Å². The van der Waals surface area contributed by atoms with E-state index in [0.717, 1.165) is 0 Å². The van der Waals surface area contributed by atoms with Crippen LogP contribution in [0.5, 0.6) is 0 Å². The van der Waals surface area contributed by atoms with E-state index >= 15 is 0 Å². The first-order valence-corrected chi connectivity index (χ1v) is 11.4.